The molecule has 3 aliphatic rings. The van der Waals surface area contributed by atoms with Crippen LogP contribution in [0.4, 0.5) is 0 Å². The lowest BCUT2D eigenvalue weighted by atomic mass is 9.92. The Morgan fingerprint density at radius 2 is 1.90 bits per heavy atom. The molecule has 2 amide bonds. The maximum Gasteiger partial charge on any atom is 0.227 e. The molecule has 0 N–H and O–H groups in total. The Labute approximate surface area is 179 Å². The topological polar surface area (TPSA) is 70.9 Å². The van der Waals surface area contributed by atoms with Crippen LogP contribution >= 0.6 is 0 Å². The predicted octanol–water partition coefficient (Wildman–Crippen LogP) is 1.08. The van der Waals surface area contributed by atoms with Gasteiger partial charge in [0.15, 0.2) is 0 Å². The maximum atomic E-state index is 13.1. The molecule has 3 fully saturated rings. The van der Waals surface area contributed by atoms with Gasteiger partial charge in [0.1, 0.15) is 0 Å². The summed E-state index contributed by atoms with van der Waals surface area (Å²) >= 11 is 0. The second-order valence-electron chi connectivity index (χ2n) is 8.88. The smallest absolute Gasteiger partial charge is 0.227 e. The van der Waals surface area contributed by atoms with E-state index in [4.69, 9.17) is 4.74 Å². The average Bonchev–Trinajstić information content (AvgIpc) is 3.29. The molecule has 0 bridgehead atoms. The van der Waals surface area contributed by atoms with Crippen LogP contribution in [0.25, 0.3) is 0 Å². The van der Waals surface area contributed by atoms with Crippen molar-refractivity contribution in [2.45, 2.75) is 38.6 Å². The molecule has 4 heterocycles. The summed E-state index contributed by atoms with van der Waals surface area (Å²) in [7, 11) is 0. The van der Waals surface area contributed by atoms with Gasteiger partial charge < -0.3 is 14.5 Å². The van der Waals surface area contributed by atoms with Crippen LogP contribution in [0.1, 0.15) is 32.1 Å². The number of morpholine rings is 1. The average molecular weight is 418 g/mol. The van der Waals surface area contributed by atoms with E-state index < -0.39 is 0 Å². The summed E-state index contributed by atoms with van der Waals surface area (Å²) in [6.45, 7) is 8.49. The molecule has 166 valence electrons. The van der Waals surface area contributed by atoms with Crippen molar-refractivity contribution < 1.29 is 14.3 Å². The van der Waals surface area contributed by atoms with Crippen molar-refractivity contribution in [3.63, 3.8) is 0 Å². The molecule has 1 aromatic rings. The molecule has 0 aliphatic carbocycles. The fourth-order valence-corrected chi connectivity index (χ4v) is 4.91. The number of likely N-dealkylation sites (tertiary alicyclic amines) is 2. The number of amides is 2. The summed E-state index contributed by atoms with van der Waals surface area (Å²) in [6, 6.07) is 1.95. The first kappa shape index (κ1) is 21.3. The Kier molecular flexibility index (Phi) is 7.38. The van der Waals surface area contributed by atoms with Gasteiger partial charge in [-0.3, -0.25) is 19.2 Å². The normalized spacial score (nSPS) is 24.4. The molecule has 0 radical (unpaired) electrons. The number of hydrogen-bond donors (Lipinski definition) is 0. The van der Waals surface area contributed by atoms with Gasteiger partial charge in [-0.25, -0.2) is 0 Å². The number of rotatable bonds is 7. The van der Waals surface area contributed by atoms with Crippen LogP contribution in [0.15, 0.2) is 18.5 Å². The van der Waals surface area contributed by atoms with E-state index in [1.165, 1.54) is 0 Å². The van der Waals surface area contributed by atoms with Gasteiger partial charge in [-0.1, -0.05) is 0 Å². The number of piperidine rings is 2. The molecular formula is C22H35N5O3. The van der Waals surface area contributed by atoms with E-state index in [0.29, 0.717) is 25.3 Å². The molecule has 30 heavy (non-hydrogen) atoms. The summed E-state index contributed by atoms with van der Waals surface area (Å²) in [5, 5.41) is 4.30. The van der Waals surface area contributed by atoms with Crippen LogP contribution in [0.5, 0.6) is 0 Å². The quantitative estimate of drug-likeness (QED) is 0.664. The molecule has 3 aliphatic heterocycles. The highest BCUT2D eigenvalue weighted by Crippen LogP contribution is 2.24. The Morgan fingerprint density at radius 3 is 2.63 bits per heavy atom. The van der Waals surface area contributed by atoms with Crippen LogP contribution in [0.3, 0.4) is 0 Å². The number of carbonyl (C=O) groups is 2. The fraction of sp³-hybridized carbons (Fsp3) is 0.773. The molecule has 3 saturated heterocycles. The molecule has 0 aromatic carbocycles. The van der Waals surface area contributed by atoms with E-state index in [9.17, 15) is 9.59 Å². The molecule has 0 spiro atoms. The zero-order valence-electron chi connectivity index (χ0n) is 18.0. The largest absolute Gasteiger partial charge is 0.379 e. The summed E-state index contributed by atoms with van der Waals surface area (Å²) in [5.41, 5.74) is 0. The second kappa shape index (κ2) is 10.4. The number of hydrogen-bond acceptors (Lipinski definition) is 5. The summed E-state index contributed by atoms with van der Waals surface area (Å²) in [6.07, 6.45) is 8.04. The first-order chi connectivity index (χ1) is 14.7. The first-order valence-corrected chi connectivity index (χ1v) is 11.5. The van der Waals surface area contributed by atoms with Gasteiger partial charge in [0.2, 0.25) is 11.8 Å². The first-order valence-electron chi connectivity index (χ1n) is 11.5. The molecule has 4 rings (SSSR count). The van der Waals surface area contributed by atoms with Gasteiger partial charge in [0, 0.05) is 71.2 Å². The zero-order chi connectivity index (χ0) is 20.8. The predicted molar refractivity (Wildman–Crippen MR) is 113 cm³/mol. The number of ether oxygens (including phenoxy) is 1. The highest BCUT2D eigenvalue weighted by Gasteiger charge is 2.34. The van der Waals surface area contributed by atoms with Crippen molar-refractivity contribution >= 4 is 11.8 Å². The summed E-state index contributed by atoms with van der Waals surface area (Å²) < 4.78 is 7.38. The molecule has 8 nitrogen and oxygen atoms in total. The van der Waals surface area contributed by atoms with Crippen LogP contribution in [-0.4, -0.2) is 95.3 Å². The fourth-order valence-electron chi connectivity index (χ4n) is 4.91. The standard InChI is InChI=1S/C22H35N5O3/c28-21-4-3-20(18-26(21)9-2-8-24-13-15-30-16-14-24)22(29)25-11-5-19(6-12-25)17-27-10-1-7-23-27/h1,7,10,19-20H,2-6,8-9,11-18H2. The van der Waals surface area contributed by atoms with Gasteiger partial charge in [-0.15, -0.1) is 0 Å². The van der Waals surface area contributed by atoms with Gasteiger partial charge in [0.05, 0.1) is 19.1 Å². The van der Waals surface area contributed by atoms with Crippen molar-refractivity contribution in [3.05, 3.63) is 18.5 Å². The minimum Gasteiger partial charge on any atom is -0.379 e. The van der Waals surface area contributed by atoms with Crippen LogP contribution in [-0.2, 0) is 20.9 Å². The molecule has 0 saturated carbocycles. The molecule has 1 atom stereocenters. The van der Waals surface area contributed by atoms with Crippen molar-refractivity contribution in [3.8, 4) is 0 Å². The SMILES string of the molecule is O=C1CCC(C(=O)N2CCC(Cn3cccn3)CC2)CN1CCCN1CCOCC1. The lowest BCUT2D eigenvalue weighted by Gasteiger charge is -2.38. The Balaban J connectivity index is 1.20. The van der Waals surface area contributed by atoms with E-state index in [1.807, 2.05) is 32.9 Å². The lowest BCUT2D eigenvalue weighted by Crippen LogP contribution is -2.49. The molecule has 8 heteroatoms. The van der Waals surface area contributed by atoms with E-state index in [0.717, 1.165) is 78.3 Å². The summed E-state index contributed by atoms with van der Waals surface area (Å²) in [5.74, 6) is 1.00. The lowest BCUT2D eigenvalue weighted by molar-refractivity contribution is -0.144. The highest BCUT2D eigenvalue weighted by atomic mass is 16.5. The van der Waals surface area contributed by atoms with Crippen molar-refractivity contribution in [2.75, 3.05) is 59.0 Å². The van der Waals surface area contributed by atoms with Crippen molar-refractivity contribution in [2.24, 2.45) is 11.8 Å². The van der Waals surface area contributed by atoms with Gasteiger partial charge in [-0.05, 0) is 37.7 Å². The van der Waals surface area contributed by atoms with E-state index in [-0.39, 0.29) is 17.7 Å². The van der Waals surface area contributed by atoms with Gasteiger partial charge in [-0.2, -0.15) is 5.10 Å². The van der Waals surface area contributed by atoms with E-state index in [2.05, 4.69) is 10.00 Å². The molecule has 1 unspecified atom stereocenters. The monoisotopic (exact) mass is 417 g/mol. The minimum atomic E-state index is -0.0336. The Hall–Kier alpha value is -1.93. The van der Waals surface area contributed by atoms with Crippen LogP contribution in [0, 0.1) is 11.8 Å². The highest BCUT2D eigenvalue weighted by molar-refractivity contribution is 5.84. The Morgan fingerprint density at radius 1 is 1.10 bits per heavy atom. The third-order valence-corrected chi connectivity index (χ3v) is 6.79. The third-order valence-electron chi connectivity index (χ3n) is 6.79. The number of nitrogens with zero attached hydrogens (tertiary/aromatic N) is 5. The van der Waals surface area contributed by atoms with Crippen molar-refractivity contribution in [1.82, 2.24) is 24.5 Å². The maximum absolute atomic E-state index is 13.1. The minimum absolute atomic E-state index is 0.0336. The van der Waals surface area contributed by atoms with Crippen molar-refractivity contribution in [1.29, 1.82) is 0 Å². The second-order valence-corrected chi connectivity index (χ2v) is 8.88. The van der Waals surface area contributed by atoms with Crippen LogP contribution < -0.4 is 0 Å². The zero-order valence-corrected chi connectivity index (χ0v) is 18.0. The molecular weight excluding hydrogens is 382 g/mol. The van der Waals surface area contributed by atoms with E-state index in [1.54, 1.807) is 0 Å². The summed E-state index contributed by atoms with van der Waals surface area (Å²) in [4.78, 5) is 31.8. The third kappa shape index (κ3) is 5.60. The van der Waals surface area contributed by atoms with Gasteiger partial charge >= 0.3 is 0 Å². The molecule has 1 aromatic heterocycles. The van der Waals surface area contributed by atoms with E-state index >= 15 is 0 Å². The van der Waals surface area contributed by atoms with Crippen LogP contribution in [0.2, 0.25) is 0 Å². The number of carbonyl (C=O) groups excluding carboxylic acids is 2. The number of aromatic nitrogens is 2. The Bertz CT molecular complexity index is 681. The van der Waals surface area contributed by atoms with Gasteiger partial charge in [0.25, 0.3) is 0 Å².